The SMILES string of the molecule is O=C(NCCCCc1ccc(Cl)c(Cl)c1)C1CN(CCc2cccc(F)c2)C(=O)C1=O. The zero-order chi connectivity index (χ0) is 22.4. The van der Waals surface area contributed by atoms with Crippen LogP contribution in [-0.2, 0) is 27.2 Å². The average molecular weight is 465 g/mol. The summed E-state index contributed by atoms with van der Waals surface area (Å²) in [6.45, 7) is 0.741. The summed E-state index contributed by atoms with van der Waals surface area (Å²) < 4.78 is 13.3. The monoisotopic (exact) mass is 464 g/mol. The number of aryl methyl sites for hydroxylation is 1. The molecular formula is C23H23Cl2FN2O3. The number of hydrogen-bond donors (Lipinski definition) is 1. The Morgan fingerprint density at radius 3 is 2.55 bits per heavy atom. The van der Waals surface area contributed by atoms with Crippen molar-refractivity contribution >= 4 is 40.8 Å². The smallest absolute Gasteiger partial charge is 0.290 e. The van der Waals surface area contributed by atoms with Crippen molar-refractivity contribution in [1.29, 1.82) is 0 Å². The zero-order valence-corrected chi connectivity index (χ0v) is 18.4. The van der Waals surface area contributed by atoms with Crippen molar-refractivity contribution in [2.45, 2.75) is 25.7 Å². The fraction of sp³-hybridized carbons (Fsp3) is 0.348. The number of carbonyl (C=O) groups excluding carboxylic acids is 3. The maximum absolute atomic E-state index is 13.3. The second kappa shape index (κ2) is 10.7. The number of unbranched alkanes of at least 4 members (excludes halogenated alkanes) is 1. The predicted molar refractivity (Wildman–Crippen MR) is 118 cm³/mol. The number of likely N-dealkylation sites (tertiary alicyclic amines) is 1. The molecule has 2 aromatic carbocycles. The fourth-order valence-electron chi connectivity index (χ4n) is 3.53. The Morgan fingerprint density at radius 2 is 1.81 bits per heavy atom. The number of nitrogens with zero attached hydrogens (tertiary/aromatic N) is 1. The molecule has 1 atom stereocenters. The summed E-state index contributed by atoms with van der Waals surface area (Å²) in [6, 6.07) is 11.6. The summed E-state index contributed by atoms with van der Waals surface area (Å²) in [7, 11) is 0. The van der Waals surface area contributed by atoms with E-state index in [-0.39, 0.29) is 18.9 Å². The molecule has 31 heavy (non-hydrogen) atoms. The minimum Gasteiger partial charge on any atom is -0.355 e. The van der Waals surface area contributed by atoms with Crippen molar-refractivity contribution < 1.29 is 18.8 Å². The second-order valence-electron chi connectivity index (χ2n) is 7.54. The molecule has 0 aromatic heterocycles. The van der Waals surface area contributed by atoms with Crippen LogP contribution in [0.25, 0.3) is 0 Å². The molecule has 2 amide bonds. The molecule has 5 nitrogen and oxygen atoms in total. The van der Waals surface area contributed by atoms with Gasteiger partial charge in [-0.15, -0.1) is 0 Å². The summed E-state index contributed by atoms with van der Waals surface area (Å²) >= 11 is 11.9. The van der Waals surface area contributed by atoms with Crippen molar-refractivity contribution in [2.75, 3.05) is 19.6 Å². The largest absolute Gasteiger partial charge is 0.355 e. The van der Waals surface area contributed by atoms with Gasteiger partial charge in [-0.05, 0) is 61.1 Å². The molecule has 1 N–H and O–H groups in total. The maximum atomic E-state index is 13.3. The van der Waals surface area contributed by atoms with E-state index in [2.05, 4.69) is 5.32 Å². The summed E-state index contributed by atoms with van der Waals surface area (Å²) in [6.07, 6.45) is 2.76. The zero-order valence-electron chi connectivity index (χ0n) is 16.9. The highest BCUT2D eigenvalue weighted by molar-refractivity contribution is 6.42. The third kappa shape index (κ3) is 6.28. The van der Waals surface area contributed by atoms with Gasteiger partial charge in [-0.25, -0.2) is 4.39 Å². The van der Waals surface area contributed by atoms with Crippen LogP contribution in [0.15, 0.2) is 42.5 Å². The molecule has 0 bridgehead atoms. The van der Waals surface area contributed by atoms with Gasteiger partial charge >= 0.3 is 0 Å². The van der Waals surface area contributed by atoms with Gasteiger partial charge in [-0.2, -0.15) is 0 Å². The first-order valence-corrected chi connectivity index (χ1v) is 10.9. The molecule has 1 fully saturated rings. The van der Waals surface area contributed by atoms with E-state index in [0.717, 1.165) is 30.4 Å². The quantitative estimate of drug-likeness (QED) is 0.348. The van der Waals surface area contributed by atoms with Crippen LogP contribution >= 0.6 is 23.2 Å². The lowest BCUT2D eigenvalue weighted by atomic mass is 10.1. The van der Waals surface area contributed by atoms with Gasteiger partial charge in [-0.1, -0.05) is 41.4 Å². The molecular weight excluding hydrogens is 442 g/mol. The lowest BCUT2D eigenvalue weighted by Crippen LogP contribution is -2.36. The summed E-state index contributed by atoms with van der Waals surface area (Å²) in [5.41, 5.74) is 1.79. The number of benzene rings is 2. The van der Waals surface area contributed by atoms with E-state index in [4.69, 9.17) is 23.2 Å². The van der Waals surface area contributed by atoms with Crippen LogP contribution in [0, 0.1) is 11.7 Å². The van der Waals surface area contributed by atoms with Gasteiger partial charge in [0, 0.05) is 19.6 Å². The molecule has 0 aliphatic carbocycles. The van der Waals surface area contributed by atoms with Gasteiger partial charge < -0.3 is 10.2 Å². The topological polar surface area (TPSA) is 66.5 Å². The van der Waals surface area contributed by atoms with E-state index in [0.29, 0.717) is 23.0 Å². The van der Waals surface area contributed by atoms with E-state index < -0.39 is 23.5 Å². The Bertz CT molecular complexity index is 983. The average Bonchev–Trinajstić information content (AvgIpc) is 3.03. The van der Waals surface area contributed by atoms with Gasteiger partial charge in [0.05, 0.1) is 10.0 Å². The molecule has 0 spiro atoms. The first-order valence-electron chi connectivity index (χ1n) is 10.1. The van der Waals surface area contributed by atoms with Gasteiger partial charge in [0.2, 0.25) is 11.7 Å². The lowest BCUT2D eigenvalue weighted by molar-refractivity contribution is -0.142. The molecule has 3 rings (SSSR count). The number of ketones is 1. The van der Waals surface area contributed by atoms with Crippen molar-refractivity contribution in [1.82, 2.24) is 10.2 Å². The highest BCUT2D eigenvalue weighted by Crippen LogP contribution is 2.23. The fourth-order valence-corrected chi connectivity index (χ4v) is 3.85. The van der Waals surface area contributed by atoms with Gasteiger partial charge in [0.15, 0.2) is 0 Å². The number of carbonyl (C=O) groups is 3. The Morgan fingerprint density at radius 1 is 1.03 bits per heavy atom. The molecule has 2 aromatic rings. The standard InChI is InChI=1S/C23H23Cl2FN2O3/c24-19-8-7-15(13-20(19)25)4-1-2-10-27-22(30)18-14-28(23(31)21(18)29)11-9-16-5-3-6-17(26)12-16/h3,5-8,12-13,18H,1-2,4,9-11,14H2,(H,27,30). The van der Waals surface area contributed by atoms with Crippen LogP contribution in [0.4, 0.5) is 4.39 Å². The van der Waals surface area contributed by atoms with E-state index in [1.54, 1.807) is 18.2 Å². The summed E-state index contributed by atoms with van der Waals surface area (Å²) in [5.74, 6) is -3.11. The first kappa shape index (κ1) is 23.2. The number of hydrogen-bond acceptors (Lipinski definition) is 3. The third-order valence-corrected chi connectivity index (χ3v) is 6.01. The number of Topliss-reactive ketones (excluding diaryl/α,β-unsaturated/α-hetero) is 1. The van der Waals surface area contributed by atoms with E-state index in [1.165, 1.54) is 17.0 Å². The van der Waals surface area contributed by atoms with Crippen LogP contribution in [-0.4, -0.2) is 42.1 Å². The Balaban J connectivity index is 1.41. The summed E-state index contributed by atoms with van der Waals surface area (Å²) in [4.78, 5) is 38.2. The Hall–Kier alpha value is -2.44. The number of halogens is 3. The number of nitrogens with one attached hydrogen (secondary N) is 1. The van der Waals surface area contributed by atoms with Crippen LogP contribution in [0.2, 0.25) is 10.0 Å². The maximum Gasteiger partial charge on any atom is 0.290 e. The van der Waals surface area contributed by atoms with Crippen molar-refractivity contribution in [3.05, 3.63) is 69.5 Å². The van der Waals surface area contributed by atoms with Crippen LogP contribution in [0.5, 0.6) is 0 Å². The molecule has 0 saturated carbocycles. The van der Waals surface area contributed by atoms with E-state index >= 15 is 0 Å². The molecule has 1 aliphatic rings. The number of rotatable bonds is 9. The predicted octanol–water partition coefficient (Wildman–Crippen LogP) is 3.84. The van der Waals surface area contributed by atoms with Gasteiger partial charge in [-0.3, -0.25) is 14.4 Å². The van der Waals surface area contributed by atoms with Crippen molar-refractivity contribution in [3.63, 3.8) is 0 Å². The normalized spacial score (nSPS) is 16.1. The molecule has 8 heteroatoms. The van der Waals surface area contributed by atoms with E-state index in [9.17, 15) is 18.8 Å². The van der Waals surface area contributed by atoms with Crippen LogP contribution < -0.4 is 5.32 Å². The number of amides is 2. The second-order valence-corrected chi connectivity index (χ2v) is 8.36. The molecule has 1 unspecified atom stereocenters. The molecule has 1 saturated heterocycles. The van der Waals surface area contributed by atoms with Crippen molar-refractivity contribution in [2.24, 2.45) is 5.92 Å². The molecule has 164 valence electrons. The first-order chi connectivity index (χ1) is 14.8. The minimum atomic E-state index is -0.991. The lowest BCUT2D eigenvalue weighted by Gasteiger charge is -2.15. The Labute approximate surface area is 190 Å². The van der Waals surface area contributed by atoms with Crippen LogP contribution in [0.1, 0.15) is 24.0 Å². The van der Waals surface area contributed by atoms with Gasteiger partial charge in [0.1, 0.15) is 11.7 Å². The van der Waals surface area contributed by atoms with E-state index in [1.807, 2.05) is 12.1 Å². The van der Waals surface area contributed by atoms with Crippen LogP contribution in [0.3, 0.4) is 0 Å². The third-order valence-electron chi connectivity index (χ3n) is 5.27. The highest BCUT2D eigenvalue weighted by atomic mass is 35.5. The Kier molecular flexibility index (Phi) is 8.04. The molecule has 1 aliphatic heterocycles. The minimum absolute atomic E-state index is 0.0576. The molecule has 0 radical (unpaired) electrons. The summed E-state index contributed by atoms with van der Waals surface area (Å²) in [5, 5.41) is 3.77. The molecule has 1 heterocycles. The van der Waals surface area contributed by atoms with Crippen molar-refractivity contribution in [3.8, 4) is 0 Å². The van der Waals surface area contributed by atoms with Gasteiger partial charge in [0.25, 0.3) is 5.91 Å². The highest BCUT2D eigenvalue weighted by Gasteiger charge is 2.42.